The summed E-state index contributed by atoms with van der Waals surface area (Å²) < 4.78 is 16.6. The Morgan fingerprint density at radius 2 is 1.88 bits per heavy atom. The Morgan fingerprint density at radius 3 is 2.50 bits per heavy atom. The van der Waals surface area contributed by atoms with Gasteiger partial charge in [-0.1, -0.05) is 0 Å². The summed E-state index contributed by atoms with van der Waals surface area (Å²) >= 11 is 0. The zero-order valence-electron chi connectivity index (χ0n) is 14.6. The van der Waals surface area contributed by atoms with Crippen LogP contribution in [0.15, 0.2) is 18.2 Å². The summed E-state index contributed by atoms with van der Waals surface area (Å²) in [5.74, 6) is 1.27. The van der Waals surface area contributed by atoms with Gasteiger partial charge in [0.1, 0.15) is 0 Å². The van der Waals surface area contributed by atoms with E-state index in [9.17, 15) is 4.79 Å². The summed E-state index contributed by atoms with van der Waals surface area (Å²) in [4.78, 5) is 12.7. The van der Waals surface area contributed by atoms with E-state index in [0.29, 0.717) is 30.3 Å². The molecule has 1 unspecified atom stereocenters. The lowest BCUT2D eigenvalue weighted by Gasteiger charge is -2.52. The SMILES string of the molecule is CCOc1ccc(C(=O)NC2CCC23CCOCC3)cc1OCC. The molecule has 2 aliphatic rings. The van der Waals surface area contributed by atoms with Crippen molar-refractivity contribution in [3.8, 4) is 11.5 Å². The van der Waals surface area contributed by atoms with Crippen LogP contribution in [0.1, 0.15) is 49.9 Å². The molecule has 0 bridgehead atoms. The van der Waals surface area contributed by atoms with Crippen molar-refractivity contribution in [2.45, 2.75) is 45.6 Å². The van der Waals surface area contributed by atoms with Crippen LogP contribution in [0.4, 0.5) is 0 Å². The first-order valence-electron chi connectivity index (χ1n) is 8.97. The third kappa shape index (κ3) is 3.36. The molecule has 132 valence electrons. The molecular formula is C19H27NO4. The highest BCUT2D eigenvalue weighted by Crippen LogP contribution is 2.48. The van der Waals surface area contributed by atoms with Gasteiger partial charge in [-0.15, -0.1) is 0 Å². The summed E-state index contributed by atoms with van der Waals surface area (Å²) in [6.07, 6.45) is 4.34. The van der Waals surface area contributed by atoms with Gasteiger partial charge >= 0.3 is 0 Å². The van der Waals surface area contributed by atoms with Crippen molar-refractivity contribution in [2.24, 2.45) is 5.41 Å². The van der Waals surface area contributed by atoms with Gasteiger partial charge < -0.3 is 19.5 Å². The highest BCUT2D eigenvalue weighted by molar-refractivity contribution is 5.95. The Hall–Kier alpha value is -1.75. The monoisotopic (exact) mass is 333 g/mol. The number of hydrogen-bond donors (Lipinski definition) is 1. The van der Waals surface area contributed by atoms with Crippen molar-refractivity contribution >= 4 is 5.91 Å². The normalized spacial score (nSPS) is 21.8. The highest BCUT2D eigenvalue weighted by Gasteiger charge is 2.48. The fraction of sp³-hybridized carbons (Fsp3) is 0.632. The van der Waals surface area contributed by atoms with Crippen LogP contribution in [0.3, 0.4) is 0 Å². The number of carbonyl (C=O) groups is 1. The predicted octanol–water partition coefficient (Wildman–Crippen LogP) is 3.17. The average Bonchev–Trinajstić information content (AvgIpc) is 2.61. The fourth-order valence-corrected chi connectivity index (χ4v) is 3.73. The van der Waals surface area contributed by atoms with Crippen LogP contribution >= 0.6 is 0 Å². The second-order valence-corrected chi connectivity index (χ2v) is 6.57. The molecule has 1 amide bonds. The highest BCUT2D eigenvalue weighted by atomic mass is 16.5. The van der Waals surface area contributed by atoms with Gasteiger partial charge in [-0.2, -0.15) is 0 Å². The van der Waals surface area contributed by atoms with Crippen molar-refractivity contribution in [3.63, 3.8) is 0 Å². The van der Waals surface area contributed by atoms with Crippen molar-refractivity contribution in [2.75, 3.05) is 26.4 Å². The fourth-order valence-electron chi connectivity index (χ4n) is 3.73. The number of ether oxygens (including phenoxy) is 3. The topological polar surface area (TPSA) is 56.8 Å². The quantitative estimate of drug-likeness (QED) is 0.869. The van der Waals surface area contributed by atoms with Crippen molar-refractivity contribution in [3.05, 3.63) is 23.8 Å². The standard InChI is InChI=1S/C19H27NO4/c1-3-23-15-6-5-14(13-16(15)24-4-2)18(21)20-17-7-8-19(17)9-11-22-12-10-19/h5-6,13,17H,3-4,7-12H2,1-2H3,(H,20,21). The van der Waals surface area contributed by atoms with Gasteiger partial charge in [0.25, 0.3) is 5.91 Å². The van der Waals surface area contributed by atoms with Gasteiger partial charge in [0, 0.05) is 24.8 Å². The molecule has 3 rings (SSSR count). The lowest BCUT2D eigenvalue weighted by atomic mass is 9.60. The maximum absolute atomic E-state index is 12.7. The van der Waals surface area contributed by atoms with Gasteiger partial charge in [-0.3, -0.25) is 4.79 Å². The molecule has 1 heterocycles. The summed E-state index contributed by atoms with van der Waals surface area (Å²) in [5.41, 5.74) is 0.873. The van der Waals surface area contributed by atoms with E-state index in [-0.39, 0.29) is 17.4 Å². The van der Waals surface area contributed by atoms with Gasteiger partial charge in [-0.25, -0.2) is 0 Å². The second kappa shape index (κ2) is 7.43. The molecule has 1 aliphatic heterocycles. The Bertz CT molecular complexity index is 581. The maximum Gasteiger partial charge on any atom is 0.251 e. The minimum atomic E-state index is -0.0328. The van der Waals surface area contributed by atoms with Crippen LogP contribution in [0.2, 0.25) is 0 Å². The van der Waals surface area contributed by atoms with Gasteiger partial charge in [0.2, 0.25) is 0 Å². The van der Waals surface area contributed by atoms with Crippen LogP contribution in [-0.2, 0) is 4.74 Å². The van der Waals surface area contributed by atoms with Crippen LogP contribution in [0, 0.1) is 5.41 Å². The van der Waals surface area contributed by atoms with Crippen molar-refractivity contribution < 1.29 is 19.0 Å². The summed E-state index contributed by atoms with van der Waals surface area (Å²) in [6, 6.07) is 5.65. The minimum Gasteiger partial charge on any atom is -0.490 e. The van der Waals surface area contributed by atoms with E-state index < -0.39 is 0 Å². The molecule has 1 aromatic rings. The van der Waals surface area contributed by atoms with E-state index in [1.165, 1.54) is 6.42 Å². The second-order valence-electron chi connectivity index (χ2n) is 6.57. The van der Waals surface area contributed by atoms with E-state index in [4.69, 9.17) is 14.2 Å². The van der Waals surface area contributed by atoms with E-state index in [1.807, 2.05) is 19.9 Å². The molecule has 1 saturated carbocycles. The number of rotatable bonds is 6. The summed E-state index contributed by atoms with van der Waals surface area (Å²) in [5, 5.41) is 3.22. The molecule has 24 heavy (non-hydrogen) atoms. The lowest BCUT2D eigenvalue weighted by Crippen LogP contribution is -2.57. The van der Waals surface area contributed by atoms with Gasteiger partial charge in [0.15, 0.2) is 11.5 Å². The van der Waals surface area contributed by atoms with E-state index >= 15 is 0 Å². The zero-order valence-corrected chi connectivity index (χ0v) is 14.6. The van der Waals surface area contributed by atoms with Crippen LogP contribution in [0.25, 0.3) is 0 Å². The molecule has 0 radical (unpaired) electrons. The molecule has 2 fully saturated rings. The molecule has 1 spiro atoms. The number of nitrogens with one attached hydrogen (secondary N) is 1. The molecule has 5 heteroatoms. The van der Waals surface area contributed by atoms with E-state index in [0.717, 1.165) is 32.5 Å². The number of benzene rings is 1. The third-order valence-electron chi connectivity index (χ3n) is 5.27. The predicted molar refractivity (Wildman–Crippen MR) is 91.8 cm³/mol. The van der Waals surface area contributed by atoms with E-state index in [1.54, 1.807) is 12.1 Å². The molecule has 1 atom stereocenters. The Morgan fingerprint density at radius 1 is 1.17 bits per heavy atom. The smallest absolute Gasteiger partial charge is 0.251 e. The minimum absolute atomic E-state index is 0.0328. The number of amides is 1. The first-order chi connectivity index (χ1) is 11.7. The third-order valence-corrected chi connectivity index (χ3v) is 5.27. The molecule has 0 aromatic heterocycles. The molecule has 5 nitrogen and oxygen atoms in total. The van der Waals surface area contributed by atoms with Gasteiger partial charge in [-0.05, 0) is 63.1 Å². The molecule has 1 aromatic carbocycles. The Labute approximate surface area is 143 Å². The first kappa shape index (κ1) is 17.1. The molecule has 1 N–H and O–H groups in total. The average molecular weight is 333 g/mol. The largest absolute Gasteiger partial charge is 0.490 e. The number of hydrogen-bond acceptors (Lipinski definition) is 4. The van der Waals surface area contributed by atoms with Crippen LogP contribution in [-0.4, -0.2) is 38.4 Å². The van der Waals surface area contributed by atoms with Crippen molar-refractivity contribution in [1.29, 1.82) is 0 Å². The van der Waals surface area contributed by atoms with Crippen molar-refractivity contribution in [1.82, 2.24) is 5.32 Å². The maximum atomic E-state index is 12.7. The molecular weight excluding hydrogens is 306 g/mol. The summed E-state index contributed by atoms with van der Waals surface area (Å²) in [7, 11) is 0. The Balaban J connectivity index is 1.69. The van der Waals surface area contributed by atoms with Crippen LogP contribution < -0.4 is 14.8 Å². The Kier molecular flexibility index (Phi) is 5.29. The van der Waals surface area contributed by atoms with E-state index in [2.05, 4.69) is 5.32 Å². The molecule has 1 saturated heterocycles. The first-order valence-corrected chi connectivity index (χ1v) is 8.97. The lowest BCUT2D eigenvalue weighted by molar-refractivity contribution is -0.0523. The number of carbonyl (C=O) groups excluding carboxylic acids is 1. The molecule has 1 aliphatic carbocycles. The zero-order chi connectivity index (χ0) is 17.0. The van der Waals surface area contributed by atoms with Gasteiger partial charge in [0.05, 0.1) is 13.2 Å². The van der Waals surface area contributed by atoms with Crippen LogP contribution in [0.5, 0.6) is 11.5 Å². The summed E-state index contributed by atoms with van der Waals surface area (Å²) in [6.45, 7) is 6.58.